The van der Waals surface area contributed by atoms with Crippen molar-refractivity contribution in [3.05, 3.63) is 12.1 Å². The number of anilines is 3. The van der Waals surface area contributed by atoms with E-state index in [1.165, 1.54) is 12.1 Å². The van der Waals surface area contributed by atoms with Crippen LogP contribution in [-0.2, 0) is 0 Å². The van der Waals surface area contributed by atoms with Gasteiger partial charge in [0.2, 0.25) is 0 Å². The zero-order valence-electron chi connectivity index (χ0n) is 12.3. The van der Waals surface area contributed by atoms with Crippen molar-refractivity contribution in [3.63, 3.8) is 0 Å². The van der Waals surface area contributed by atoms with Crippen LogP contribution in [0.5, 0.6) is 0 Å². The normalized spacial score (nSPS) is 19.2. The highest BCUT2D eigenvalue weighted by molar-refractivity contribution is 5.61. The van der Waals surface area contributed by atoms with Gasteiger partial charge < -0.3 is 20.9 Å². The first-order chi connectivity index (χ1) is 9.01. The summed E-state index contributed by atoms with van der Waals surface area (Å²) in [7, 11) is 4.07. The Labute approximate surface area is 115 Å². The Morgan fingerprint density at radius 2 is 2.21 bits per heavy atom. The summed E-state index contributed by atoms with van der Waals surface area (Å²) in [5.41, 5.74) is 7.13. The number of nitrogens with zero attached hydrogens (tertiary/aromatic N) is 3. The van der Waals surface area contributed by atoms with Crippen molar-refractivity contribution >= 4 is 17.3 Å². The van der Waals surface area contributed by atoms with Gasteiger partial charge in [-0.3, -0.25) is 0 Å². The maximum Gasteiger partial charge on any atom is 0.133 e. The van der Waals surface area contributed by atoms with Crippen LogP contribution >= 0.6 is 0 Å². The molecule has 3 N–H and O–H groups in total. The van der Waals surface area contributed by atoms with E-state index in [0.717, 1.165) is 18.9 Å². The van der Waals surface area contributed by atoms with Crippen LogP contribution in [0.25, 0.3) is 0 Å². The Bertz CT molecular complexity index is 432. The highest BCUT2D eigenvalue weighted by Crippen LogP contribution is 2.26. The monoisotopic (exact) mass is 263 g/mol. The van der Waals surface area contributed by atoms with E-state index in [2.05, 4.69) is 47.1 Å². The van der Waals surface area contributed by atoms with E-state index in [0.29, 0.717) is 17.9 Å². The third kappa shape index (κ3) is 3.10. The molecule has 0 amide bonds. The molecule has 0 bridgehead atoms. The van der Waals surface area contributed by atoms with Gasteiger partial charge in [-0.2, -0.15) is 0 Å². The van der Waals surface area contributed by atoms with E-state index >= 15 is 0 Å². The molecule has 1 atom stereocenters. The predicted octanol–water partition coefficient (Wildman–Crippen LogP) is 1.31. The van der Waals surface area contributed by atoms with Gasteiger partial charge in [0.15, 0.2) is 0 Å². The predicted molar refractivity (Wildman–Crippen MR) is 81.9 cm³/mol. The molecule has 5 heteroatoms. The van der Waals surface area contributed by atoms with Crippen molar-refractivity contribution in [1.29, 1.82) is 0 Å². The second kappa shape index (κ2) is 5.65. The number of pyridine rings is 1. The molecule has 0 aromatic carbocycles. The van der Waals surface area contributed by atoms with Crippen molar-refractivity contribution in [2.45, 2.75) is 32.4 Å². The molecule has 1 aliphatic rings. The summed E-state index contributed by atoms with van der Waals surface area (Å²) in [6.45, 7) is 6.40. The molecule has 0 saturated carbocycles. The maximum atomic E-state index is 5.95. The van der Waals surface area contributed by atoms with Crippen molar-refractivity contribution in [1.82, 2.24) is 10.3 Å². The van der Waals surface area contributed by atoms with Crippen LogP contribution in [0, 0.1) is 0 Å². The number of nitrogens with one attached hydrogen (secondary N) is 1. The Balaban J connectivity index is 2.22. The number of nitrogen functional groups attached to an aromatic ring is 1. The second-order valence-electron chi connectivity index (χ2n) is 5.53. The van der Waals surface area contributed by atoms with Crippen LogP contribution in [0.15, 0.2) is 12.1 Å². The number of aromatic nitrogens is 1. The molecule has 1 aromatic rings. The van der Waals surface area contributed by atoms with Gasteiger partial charge in [0, 0.05) is 50.0 Å². The highest BCUT2D eigenvalue weighted by atomic mass is 15.2. The molecule has 0 spiro atoms. The minimum absolute atomic E-state index is 0.408. The Hall–Kier alpha value is -1.49. The maximum absolute atomic E-state index is 5.95. The van der Waals surface area contributed by atoms with E-state index in [4.69, 9.17) is 5.73 Å². The van der Waals surface area contributed by atoms with Gasteiger partial charge in [-0.25, -0.2) is 4.98 Å². The van der Waals surface area contributed by atoms with Crippen LogP contribution in [0.2, 0.25) is 0 Å². The molecule has 19 heavy (non-hydrogen) atoms. The Morgan fingerprint density at radius 1 is 1.47 bits per heavy atom. The van der Waals surface area contributed by atoms with Crippen LogP contribution < -0.4 is 20.9 Å². The largest absolute Gasteiger partial charge is 0.384 e. The van der Waals surface area contributed by atoms with E-state index < -0.39 is 0 Å². The van der Waals surface area contributed by atoms with Crippen molar-refractivity contribution in [2.75, 3.05) is 42.7 Å². The molecule has 106 valence electrons. The lowest BCUT2D eigenvalue weighted by molar-refractivity contribution is 0.617. The van der Waals surface area contributed by atoms with Crippen molar-refractivity contribution in [3.8, 4) is 0 Å². The summed E-state index contributed by atoms with van der Waals surface area (Å²) >= 11 is 0. The fourth-order valence-corrected chi connectivity index (χ4v) is 2.38. The summed E-state index contributed by atoms with van der Waals surface area (Å²) in [4.78, 5) is 8.94. The topological polar surface area (TPSA) is 57.4 Å². The molecule has 0 radical (unpaired) electrons. The summed E-state index contributed by atoms with van der Waals surface area (Å²) < 4.78 is 0. The van der Waals surface area contributed by atoms with Gasteiger partial charge in [0.1, 0.15) is 11.6 Å². The molecular formula is C14H25N5. The van der Waals surface area contributed by atoms with Gasteiger partial charge in [-0.05, 0) is 27.3 Å². The molecule has 1 aromatic heterocycles. The molecule has 0 aliphatic carbocycles. The SMILES string of the molecule is CN[C@@H]1CCN(c2cc(N)nc(N(C)C(C)C)c2)C1. The molecule has 2 heterocycles. The first-order valence-corrected chi connectivity index (χ1v) is 6.94. The average molecular weight is 263 g/mol. The molecule has 0 unspecified atom stereocenters. The molecule has 1 fully saturated rings. The van der Waals surface area contributed by atoms with Crippen LogP contribution in [-0.4, -0.2) is 44.3 Å². The minimum Gasteiger partial charge on any atom is -0.384 e. The first-order valence-electron chi connectivity index (χ1n) is 6.94. The highest BCUT2D eigenvalue weighted by Gasteiger charge is 2.22. The van der Waals surface area contributed by atoms with Gasteiger partial charge in [-0.1, -0.05) is 0 Å². The smallest absolute Gasteiger partial charge is 0.133 e. The van der Waals surface area contributed by atoms with E-state index in [-0.39, 0.29) is 0 Å². The summed E-state index contributed by atoms with van der Waals surface area (Å²) in [6, 6.07) is 5.08. The lowest BCUT2D eigenvalue weighted by Gasteiger charge is -2.25. The number of likely N-dealkylation sites (N-methyl/N-ethyl adjacent to an activating group) is 1. The summed E-state index contributed by atoms with van der Waals surface area (Å²) in [6.07, 6.45) is 1.17. The fourth-order valence-electron chi connectivity index (χ4n) is 2.38. The van der Waals surface area contributed by atoms with Crippen LogP contribution in [0.1, 0.15) is 20.3 Å². The standard InChI is InChI=1S/C14H25N5/c1-10(2)18(4)14-8-12(7-13(15)17-14)19-6-5-11(9-19)16-3/h7-8,10-11,16H,5-6,9H2,1-4H3,(H2,15,17)/t11-/m1/s1. The summed E-state index contributed by atoms with van der Waals surface area (Å²) in [5.74, 6) is 1.53. The van der Waals surface area contributed by atoms with Gasteiger partial charge in [0.25, 0.3) is 0 Å². The van der Waals surface area contributed by atoms with Crippen LogP contribution in [0.4, 0.5) is 17.3 Å². The molecule has 1 saturated heterocycles. The second-order valence-corrected chi connectivity index (χ2v) is 5.53. The lowest BCUT2D eigenvalue weighted by Crippen LogP contribution is -2.30. The molecule has 1 aliphatic heterocycles. The first kappa shape index (κ1) is 13.9. The minimum atomic E-state index is 0.408. The zero-order valence-corrected chi connectivity index (χ0v) is 12.3. The fraction of sp³-hybridized carbons (Fsp3) is 0.643. The number of rotatable bonds is 4. The van der Waals surface area contributed by atoms with Crippen LogP contribution in [0.3, 0.4) is 0 Å². The number of hydrogen-bond acceptors (Lipinski definition) is 5. The Morgan fingerprint density at radius 3 is 2.79 bits per heavy atom. The third-order valence-electron chi connectivity index (χ3n) is 3.91. The van der Waals surface area contributed by atoms with Gasteiger partial charge in [0.05, 0.1) is 0 Å². The van der Waals surface area contributed by atoms with E-state index in [1.807, 2.05) is 13.1 Å². The molecule has 2 rings (SSSR count). The zero-order chi connectivity index (χ0) is 14.0. The van der Waals surface area contributed by atoms with Gasteiger partial charge >= 0.3 is 0 Å². The third-order valence-corrected chi connectivity index (χ3v) is 3.91. The van der Waals surface area contributed by atoms with E-state index in [9.17, 15) is 0 Å². The molecular weight excluding hydrogens is 238 g/mol. The quantitative estimate of drug-likeness (QED) is 0.857. The van der Waals surface area contributed by atoms with Crippen molar-refractivity contribution < 1.29 is 0 Å². The van der Waals surface area contributed by atoms with Crippen molar-refractivity contribution in [2.24, 2.45) is 0 Å². The Kier molecular flexibility index (Phi) is 4.14. The molecule has 5 nitrogen and oxygen atoms in total. The lowest BCUT2D eigenvalue weighted by atomic mass is 10.3. The van der Waals surface area contributed by atoms with Gasteiger partial charge in [-0.15, -0.1) is 0 Å². The number of hydrogen-bond donors (Lipinski definition) is 2. The average Bonchev–Trinajstić information content (AvgIpc) is 2.85. The number of nitrogens with two attached hydrogens (primary N) is 1. The summed E-state index contributed by atoms with van der Waals surface area (Å²) in [5, 5.41) is 3.33. The van der Waals surface area contributed by atoms with E-state index in [1.54, 1.807) is 0 Å².